The molecule has 7 nitrogen and oxygen atoms in total. The maximum absolute atomic E-state index is 12.6. The maximum Gasteiger partial charge on any atom is 0.416 e. The van der Waals surface area contributed by atoms with Gasteiger partial charge in [0.15, 0.2) is 0 Å². The summed E-state index contributed by atoms with van der Waals surface area (Å²) < 4.78 is 43.4. The Hall–Kier alpha value is -3.82. The monoisotopic (exact) mass is 444 g/mol. The SMILES string of the molecule is O=C(NCC(=O)N1CC(Oc2ccc(C(F)(F)F)cc2)C1)c1cc(-c2ccccc2)n[nH]1. The van der Waals surface area contributed by atoms with Gasteiger partial charge >= 0.3 is 6.18 Å². The zero-order valence-corrected chi connectivity index (χ0v) is 16.7. The van der Waals surface area contributed by atoms with Crippen LogP contribution in [0.15, 0.2) is 60.7 Å². The molecule has 2 N–H and O–H groups in total. The van der Waals surface area contributed by atoms with E-state index in [-0.39, 0.29) is 37.3 Å². The van der Waals surface area contributed by atoms with E-state index in [1.807, 2.05) is 30.3 Å². The van der Waals surface area contributed by atoms with Gasteiger partial charge < -0.3 is 15.0 Å². The van der Waals surface area contributed by atoms with Gasteiger partial charge in [-0.05, 0) is 30.3 Å². The van der Waals surface area contributed by atoms with E-state index < -0.39 is 17.6 Å². The molecule has 4 rings (SSSR count). The summed E-state index contributed by atoms with van der Waals surface area (Å²) in [5.74, 6) is -0.434. The molecule has 2 heterocycles. The first-order chi connectivity index (χ1) is 15.3. The van der Waals surface area contributed by atoms with Crippen LogP contribution in [0.5, 0.6) is 5.75 Å². The minimum atomic E-state index is -4.40. The fourth-order valence-corrected chi connectivity index (χ4v) is 3.19. The van der Waals surface area contributed by atoms with Gasteiger partial charge in [0.25, 0.3) is 5.91 Å². The van der Waals surface area contributed by atoms with Crippen molar-refractivity contribution in [1.82, 2.24) is 20.4 Å². The molecule has 1 aliphatic rings. The molecular weight excluding hydrogens is 425 g/mol. The van der Waals surface area contributed by atoms with Crippen molar-refractivity contribution >= 4 is 11.8 Å². The lowest BCUT2D eigenvalue weighted by atomic mass is 10.1. The predicted molar refractivity (Wildman–Crippen MR) is 109 cm³/mol. The van der Waals surface area contributed by atoms with Gasteiger partial charge in [0.05, 0.1) is 30.9 Å². The van der Waals surface area contributed by atoms with Crippen LogP contribution in [-0.2, 0) is 11.0 Å². The summed E-state index contributed by atoms with van der Waals surface area (Å²) in [6.45, 7) is 0.390. The Morgan fingerprint density at radius 2 is 1.78 bits per heavy atom. The highest BCUT2D eigenvalue weighted by Gasteiger charge is 2.33. The molecule has 0 saturated carbocycles. The Morgan fingerprint density at radius 1 is 1.09 bits per heavy atom. The van der Waals surface area contributed by atoms with Crippen molar-refractivity contribution in [2.75, 3.05) is 19.6 Å². The zero-order chi connectivity index (χ0) is 22.7. The van der Waals surface area contributed by atoms with Gasteiger partial charge in [-0.2, -0.15) is 18.3 Å². The third-order valence-electron chi connectivity index (χ3n) is 4.98. The Morgan fingerprint density at radius 3 is 2.44 bits per heavy atom. The minimum absolute atomic E-state index is 0.189. The number of hydrogen-bond acceptors (Lipinski definition) is 4. The van der Waals surface area contributed by atoms with Gasteiger partial charge in [-0.15, -0.1) is 0 Å². The number of benzene rings is 2. The van der Waals surface area contributed by atoms with Crippen molar-refractivity contribution in [1.29, 1.82) is 0 Å². The van der Waals surface area contributed by atoms with Crippen molar-refractivity contribution in [2.24, 2.45) is 0 Å². The molecule has 1 aromatic heterocycles. The van der Waals surface area contributed by atoms with E-state index in [0.29, 0.717) is 11.4 Å². The number of hydrogen-bond donors (Lipinski definition) is 2. The number of aromatic nitrogens is 2. The van der Waals surface area contributed by atoms with Crippen molar-refractivity contribution < 1.29 is 27.5 Å². The average molecular weight is 444 g/mol. The number of amides is 2. The van der Waals surface area contributed by atoms with Crippen LogP contribution < -0.4 is 10.1 Å². The summed E-state index contributed by atoms with van der Waals surface area (Å²) in [4.78, 5) is 26.0. The second-order valence-electron chi connectivity index (χ2n) is 7.28. The number of aromatic amines is 1. The van der Waals surface area contributed by atoms with E-state index in [1.54, 1.807) is 6.07 Å². The van der Waals surface area contributed by atoms with Gasteiger partial charge in [0.2, 0.25) is 5.91 Å². The molecule has 0 unspecified atom stereocenters. The largest absolute Gasteiger partial charge is 0.487 e. The van der Waals surface area contributed by atoms with Crippen LogP contribution in [0.1, 0.15) is 16.1 Å². The summed E-state index contributed by atoms with van der Waals surface area (Å²) in [7, 11) is 0. The number of carbonyl (C=O) groups excluding carboxylic acids is 2. The van der Waals surface area contributed by atoms with Gasteiger partial charge in [0.1, 0.15) is 17.5 Å². The number of H-pyrrole nitrogens is 1. The van der Waals surface area contributed by atoms with E-state index in [4.69, 9.17) is 4.74 Å². The van der Waals surface area contributed by atoms with Crippen LogP contribution >= 0.6 is 0 Å². The highest BCUT2D eigenvalue weighted by atomic mass is 19.4. The van der Waals surface area contributed by atoms with Crippen molar-refractivity contribution in [2.45, 2.75) is 12.3 Å². The van der Waals surface area contributed by atoms with E-state index >= 15 is 0 Å². The molecule has 32 heavy (non-hydrogen) atoms. The van der Waals surface area contributed by atoms with Gasteiger partial charge in [0, 0.05) is 5.56 Å². The van der Waals surface area contributed by atoms with E-state index in [2.05, 4.69) is 15.5 Å². The highest BCUT2D eigenvalue weighted by molar-refractivity contribution is 5.95. The average Bonchev–Trinajstić information content (AvgIpc) is 3.25. The molecule has 1 fully saturated rings. The van der Waals surface area contributed by atoms with E-state index in [0.717, 1.165) is 17.7 Å². The lowest BCUT2D eigenvalue weighted by molar-refractivity contribution is -0.139. The normalized spacial score (nSPS) is 14.0. The molecule has 0 spiro atoms. The number of ether oxygens (including phenoxy) is 1. The molecule has 0 atom stereocenters. The molecule has 1 saturated heterocycles. The van der Waals surface area contributed by atoms with Crippen LogP contribution in [0.25, 0.3) is 11.3 Å². The standard InChI is InChI=1S/C22H19F3N4O3/c23-22(24,25)15-6-8-16(9-7-15)32-17-12-29(13-17)20(30)11-26-21(31)19-10-18(27-28-19)14-4-2-1-3-5-14/h1-10,17H,11-13H2,(H,26,31)(H,27,28). The van der Waals surface area contributed by atoms with Gasteiger partial charge in [-0.25, -0.2) is 0 Å². The van der Waals surface area contributed by atoms with Gasteiger partial charge in [-0.1, -0.05) is 30.3 Å². The lowest BCUT2D eigenvalue weighted by Crippen LogP contribution is -2.58. The van der Waals surface area contributed by atoms with E-state index in [1.165, 1.54) is 17.0 Å². The molecule has 0 bridgehead atoms. The Balaban J connectivity index is 1.21. The summed E-state index contributed by atoms with van der Waals surface area (Å²) in [5.41, 5.74) is 0.967. The zero-order valence-electron chi connectivity index (χ0n) is 16.7. The molecular formula is C22H19F3N4O3. The number of alkyl halides is 3. The molecule has 1 aliphatic heterocycles. The molecule has 0 aliphatic carbocycles. The van der Waals surface area contributed by atoms with Crippen molar-refractivity contribution in [3.63, 3.8) is 0 Å². The third kappa shape index (κ3) is 4.90. The quantitative estimate of drug-likeness (QED) is 0.612. The fourth-order valence-electron chi connectivity index (χ4n) is 3.19. The third-order valence-corrected chi connectivity index (χ3v) is 4.98. The number of halogens is 3. The summed E-state index contributed by atoms with van der Waals surface area (Å²) in [6, 6.07) is 15.4. The number of carbonyl (C=O) groups is 2. The second kappa shape index (κ2) is 8.74. The van der Waals surface area contributed by atoms with Crippen LogP contribution in [-0.4, -0.2) is 52.6 Å². The number of likely N-dealkylation sites (tertiary alicyclic amines) is 1. The highest BCUT2D eigenvalue weighted by Crippen LogP contribution is 2.30. The Labute approximate surface area is 181 Å². The number of nitrogens with zero attached hydrogens (tertiary/aromatic N) is 2. The van der Waals surface area contributed by atoms with Gasteiger partial charge in [-0.3, -0.25) is 14.7 Å². The first-order valence-corrected chi connectivity index (χ1v) is 9.80. The molecule has 0 radical (unpaired) electrons. The molecule has 10 heteroatoms. The number of nitrogens with one attached hydrogen (secondary N) is 2. The maximum atomic E-state index is 12.6. The molecule has 166 valence electrons. The van der Waals surface area contributed by atoms with Crippen LogP contribution in [0.3, 0.4) is 0 Å². The lowest BCUT2D eigenvalue weighted by Gasteiger charge is -2.39. The fraction of sp³-hybridized carbons (Fsp3) is 0.227. The van der Waals surface area contributed by atoms with Crippen molar-refractivity contribution in [3.05, 3.63) is 71.9 Å². The molecule has 3 aromatic rings. The molecule has 2 aromatic carbocycles. The first kappa shape index (κ1) is 21.4. The van der Waals surface area contributed by atoms with Crippen molar-refractivity contribution in [3.8, 4) is 17.0 Å². The Kier molecular flexibility index (Phi) is 5.85. The van der Waals surface area contributed by atoms with E-state index in [9.17, 15) is 22.8 Å². The first-order valence-electron chi connectivity index (χ1n) is 9.80. The molecule has 2 amide bonds. The van der Waals surface area contributed by atoms with Crippen LogP contribution in [0.4, 0.5) is 13.2 Å². The smallest absolute Gasteiger partial charge is 0.416 e. The predicted octanol–water partition coefficient (Wildman–Crippen LogP) is 3.12. The topological polar surface area (TPSA) is 87.3 Å². The summed E-state index contributed by atoms with van der Waals surface area (Å²) >= 11 is 0. The minimum Gasteiger partial charge on any atom is -0.487 e. The van der Waals surface area contributed by atoms with Crippen LogP contribution in [0, 0.1) is 0 Å². The summed E-state index contributed by atoms with van der Waals surface area (Å²) in [6.07, 6.45) is -4.71. The summed E-state index contributed by atoms with van der Waals surface area (Å²) in [5, 5.41) is 9.31. The second-order valence-corrected chi connectivity index (χ2v) is 7.28. The Bertz CT molecular complexity index is 1090. The van der Waals surface area contributed by atoms with Crippen LogP contribution in [0.2, 0.25) is 0 Å². The number of rotatable bonds is 6.